The molecule has 2 N–H and O–H groups in total. The summed E-state index contributed by atoms with van der Waals surface area (Å²) in [6, 6.07) is 16.0. The van der Waals surface area contributed by atoms with Crippen LogP contribution in [0.15, 0.2) is 60.0 Å². The number of rotatable bonds is 9. The number of ether oxygens (including phenoxy) is 1. The van der Waals surface area contributed by atoms with Crippen LogP contribution in [0.2, 0.25) is 0 Å². The average molecular weight is 525 g/mol. The standard InChI is InChI=1S/C27H29FN4O4S/c28-22-9-5-4-8-20(22)10-13-29-26(34)23-18-37-24(31-23)16-30-25(33)21-11-14-32(15-12-21)27(35)36-17-19-6-2-1-3-7-19/h1-9,18,21H,10-17H2,(H,29,34)(H,30,33). The number of hydrogen-bond donors (Lipinski definition) is 2. The minimum atomic E-state index is -0.370. The molecule has 0 spiro atoms. The number of nitrogens with one attached hydrogen (secondary N) is 2. The van der Waals surface area contributed by atoms with Gasteiger partial charge in [-0.1, -0.05) is 48.5 Å². The van der Waals surface area contributed by atoms with Gasteiger partial charge in [-0.25, -0.2) is 14.2 Å². The van der Waals surface area contributed by atoms with Crippen LogP contribution in [-0.2, 0) is 29.1 Å². The van der Waals surface area contributed by atoms with Gasteiger partial charge in [0.15, 0.2) is 0 Å². The van der Waals surface area contributed by atoms with Crippen LogP contribution < -0.4 is 10.6 Å². The Morgan fingerprint density at radius 3 is 2.51 bits per heavy atom. The van der Waals surface area contributed by atoms with Gasteiger partial charge in [-0.2, -0.15) is 0 Å². The van der Waals surface area contributed by atoms with Crippen LogP contribution in [-0.4, -0.2) is 47.4 Å². The molecule has 2 aromatic carbocycles. The first kappa shape index (κ1) is 26.3. The lowest BCUT2D eigenvalue weighted by Gasteiger charge is -2.30. The number of halogens is 1. The number of hydrogen-bond acceptors (Lipinski definition) is 6. The average Bonchev–Trinajstić information content (AvgIpc) is 3.41. The van der Waals surface area contributed by atoms with Crippen LogP contribution in [0.3, 0.4) is 0 Å². The van der Waals surface area contributed by atoms with Gasteiger partial charge in [-0.05, 0) is 36.5 Å². The van der Waals surface area contributed by atoms with Gasteiger partial charge in [0.25, 0.3) is 5.91 Å². The van der Waals surface area contributed by atoms with E-state index < -0.39 is 0 Å². The molecule has 2 heterocycles. The van der Waals surface area contributed by atoms with Crippen molar-refractivity contribution in [3.63, 3.8) is 0 Å². The molecule has 0 saturated carbocycles. The van der Waals surface area contributed by atoms with Gasteiger partial charge >= 0.3 is 6.09 Å². The van der Waals surface area contributed by atoms with E-state index in [-0.39, 0.29) is 48.5 Å². The Kier molecular flexibility index (Phi) is 9.20. The van der Waals surface area contributed by atoms with E-state index in [1.165, 1.54) is 17.4 Å². The molecule has 37 heavy (non-hydrogen) atoms. The summed E-state index contributed by atoms with van der Waals surface area (Å²) in [6.45, 7) is 1.66. The summed E-state index contributed by atoms with van der Waals surface area (Å²) in [6.07, 6.45) is 1.12. The molecule has 1 aliphatic rings. The van der Waals surface area contributed by atoms with E-state index in [0.717, 1.165) is 5.56 Å². The predicted molar refractivity (Wildman–Crippen MR) is 137 cm³/mol. The molecule has 0 atom stereocenters. The molecule has 0 unspecified atom stereocenters. The van der Waals surface area contributed by atoms with Gasteiger partial charge < -0.3 is 20.3 Å². The highest BCUT2D eigenvalue weighted by Crippen LogP contribution is 2.19. The fourth-order valence-electron chi connectivity index (χ4n) is 4.04. The molecular formula is C27H29FN4O4S. The molecule has 0 radical (unpaired) electrons. The Bertz CT molecular complexity index is 1210. The van der Waals surface area contributed by atoms with Gasteiger partial charge in [0.05, 0.1) is 6.54 Å². The quantitative estimate of drug-likeness (QED) is 0.442. The molecule has 3 amide bonds. The molecule has 10 heteroatoms. The molecule has 194 valence electrons. The second-order valence-electron chi connectivity index (χ2n) is 8.74. The SMILES string of the molecule is O=C(NCCc1ccccc1F)c1csc(CNC(=O)C2CCN(C(=O)OCc3ccccc3)CC2)n1. The number of likely N-dealkylation sites (tertiary alicyclic amines) is 1. The third kappa shape index (κ3) is 7.60. The number of benzene rings is 2. The maximum Gasteiger partial charge on any atom is 0.410 e. The van der Waals surface area contributed by atoms with Crippen molar-refractivity contribution < 1.29 is 23.5 Å². The maximum atomic E-state index is 13.7. The van der Waals surface area contributed by atoms with Gasteiger partial charge in [0.2, 0.25) is 5.91 Å². The molecule has 4 rings (SSSR count). The Labute approximate surface area is 218 Å². The lowest BCUT2D eigenvalue weighted by atomic mass is 9.96. The van der Waals surface area contributed by atoms with E-state index in [4.69, 9.17) is 4.74 Å². The third-order valence-electron chi connectivity index (χ3n) is 6.17. The van der Waals surface area contributed by atoms with Crippen molar-refractivity contribution in [2.45, 2.75) is 32.4 Å². The van der Waals surface area contributed by atoms with Crippen molar-refractivity contribution in [1.29, 1.82) is 0 Å². The number of amides is 3. The molecule has 1 aromatic heterocycles. The van der Waals surface area contributed by atoms with Crippen LogP contribution in [0.4, 0.5) is 9.18 Å². The number of nitrogens with zero attached hydrogens (tertiary/aromatic N) is 2. The Balaban J connectivity index is 1.15. The molecule has 0 aliphatic carbocycles. The summed E-state index contributed by atoms with van der Waals surface area (Å²) in [7, 11) is 0. The zero-order valence-electron chi connectivity index (χ0n) is 20.3. The summed E-state index contributed by atoms with van der Waals surface area (Å²) in [4.78, 5) is 43.2. The second kappa shape index (κ2) is 13.0. The van der Waals surface area contributed by atoms with Gasteiger partial charge in [0, 0.05) is 30.9 Å². The van der Waals surface area contributed by atoms with E-state index in [1.54, 1.807) is 28.5 Å². The van der Waals surface area contributed by atoms with Gasteiger partial charge in [0.1, 0.15) is 23.1 Å². The first-order valence-electron chi connectivity index (χ1n) is 12.2. The smallest absolute Gasteiger partial charge is 0.410 e. The van der Waals surface area contributed by atoms with Crippen molar-refractivity contribution in [2.24, 2.45) is 5.92 Å². The van der Waals surface area contributed by atoms with Crippen LogP contribution in [0.1, 0.15) is 39.5 Å². The minimum Gasteiger partial charge on any atom is -0.445 e. The highest BCUT2D eigenvalue weighted by atomic mass is 32.1. The predicted octanol–water partition coefficient (Wildman–Crippen LogP) is 3.92. The summed E-state index contributed by atoms with van der Waals surface area (Å²) >= 11 is 1.29. The van der Waals surface area contributed by atoms with Crippen LogP contribution in [0.5, 0.6) is 0 Å². The highest BCUT2D eigenvalue weighted by Gasteiger charge is 2.28. The Hall–Kier alpha value is -3.79. The van der Waals surface area contributed by atoms with Crippen LogP contribution in [0.25, 0.3) is 0 Å². The third-order valence-corrected chi connectivity index (χ3v) is 7.01. The molecule has 3 aromatic rings. The van der Waals surface area contributed by atoms with Crippen LogP contribution in [0, 0.1) is 11.7 Å². The zero-order valence-corrected chi connectivity index (χ0v) is 21.1. The van der Waals surface area contributed by atoms with Crippen molar-refractivity contribution >= 4 is 29.2 Å². The number of aromatic nitrogens is 1. The topological polar surface area (TPSA) is 101 Å². The molecule has 1 saturated heterocycles. The fourth-order valence-corrected chi connectivity index (χ4v) is 4.75. The maximum absolute atomic E-state index is 13.7. The Morgan fingerprint density at radius 1 is 1.03 bits per heavy atom. The molecule has 0 bridgehead atoms. The minimum absolute atomic E-state index is 0.0941. The van der Waals surface area contributed by atoms with Gasteiger partial charge in [-0.15, -0.1) is 11.3 Å². The molecule has 1 aliphatic heterocycles. The molecular weight excluding hydrogens is 495 g/mol. The van der Waals surface area contributed by atoms with Crippen molar-refractivity contribution in [2.75, 3.05) is 19.6 Å². The first-order chi connectivity index (χ1) is 18.0. The van der Waals surface area contributed by atoms with E-state index in [1.807, 2.05) is 30.3 Å². The summed E-state index contributed by atoms with van der Waals surface area (Å²) in [5.41, 5.74) is 1.74. The van der Waals surface area contributed by atoms with Crippen molar-refractivity contribution in [1.82, 2.24) is 20.5 Å². The van der Waals surface area contributed by atoms with E-state index in [9.17, 15) is 18.8 Å². The number of piperidine rings is 1. The summed E-state index contributed by atoms with van der Waals surface area (Å²) in [5.74, 6) is -0.920. The fraction of sp³-hybridized carbons (Fsp3) is 0.333. The largest absolute Gasteiger partial charge is 0.445 e. The summed E-state index contributed by atoms with van der Waals surface area (Å²) in [5, 5.41) is 7.89. The molecule has 1 fully saturated rings. The number of carbonyl (C=O) groups is 3. The zero-order chi connectivity index (χ0) is 26.0. The second-order valence-corrected chi connectivity index (χ2v) is 9.69. The first-order valence-corrected chi connectivity index (χ1v) is 13.1. The normalized spacial score (nSPS) is 13.7. The number of carbonyl (C=O) groups excluding carboxylic acids is 3. The monoisotopic (exact) mass is 524 g/mol. The lowest BCUT2D eigenvalue weighted by Crippen LogP contribution is -2.43. The van der Waals surface area contributed by atoms with E-state index in [0.29, 0.717) is 49.5 Å². The Morgan fingerprint density at radius 2 is 1.76 bits per heavy atom. The highest BCUT2D eigenvalue weighted by molar-refractivity contribution is 7.09. The van der Waals surface area contributed by atoms with Crippen LogP contribution >= 0.6 is 11.3 Å². The van der Waals surface area contributed by atoms with E-state index in [2.05, 4.69) is 15.6 Å². The lowest BCUT2D eigenvalue weighted by molar-refractivity contribution is -0.126. The van der Waals surface area contributed by atoms with Gasteiger partial charge in [-0.3, -0.25) is 9.59 Å². The van der Waals surface area contributed by atoms with Crippen molar-refractivity contribution in [3.8, 4) is 0 Å². The summed E-state index contributed by atoms with van der Waals surface area (Å²) < 4.78 is 19.1. The van der Waals surface area contributed by atoms with E-state index >= 15 is 0 Å². The van der Waals surface area contributed by atoms with Crippen molar-refractivity contribution in [3.05, 3.63) is 87.6 Å². The molecule has 8 nitrogen and oxygen atoms in total. The number of thiazole rings is 1.